The minimum absolute atomic E-state index is 0.190. The summed E-state index contributed by atoms with van der Waals surface area (Å²) in [5, 5.41) is 2.78. The lowest BCUT2D eigenvalue weighted by Gasteiger charge is -2.14. The Morgan fingerprint density at radius 1 is 0.929 bits per heavy atom. The second-order valence-electron chi connectivity index (χ2n) is 6.38. The fourth-order valence-corrected chi connectivity index (χ4v) is 4.37. The van der Waals surface area contributed by atoms with Crippen molar-refractivity contribution in [1.82, 2.24) is 0 Å². The maximum absolute atomic E-state index is 12.9. The summed E-state index contributed by atoms with van der Waals surface area (Å²) in [4.78, 5) is 12.9. The second kappa shape index (κ2) is 8.16. The third kappa shape index (κ3) is 4.61. The smallest absolute Gasteiger partial charge is 0.262 e. The molecule has 0 unspecified atom stereocenters. The summed E-state index contributed by atoms with van der Waals surface area (Å²) >= 11 is 3.34. The number of para-hydroxylation sites is 1. The molecule has 144 valence electrons. The normalized spacial score (nSPS) is 11.1. The molecule has 28 heavy (non-hydrogen) atoms. The molecule has 0 saturated carbocycles. The second-order valence-corrected chi connectivity index (χ2v) is 8.95. The van der Waals surface area contributed by atoms with Gasteiger partial charge in [0.1, 0.15) is 0 Å². The van der Waals surface area contributed by atoms with Gasteiger partial charge in [0.15, 0.2) is 0 Å². The highest BCUT2D eigenvalue weighted by atomic mass is 79.9. The van der Waals surface area contributed by atoms with Crippen LogP contribution >= 0.6 is 15.9 Å². The fourth-order valence-electron chi connectivity index (χ4n) is 2.70. The average Bonchev–Trinajstić information content (AvgIpc) is 2.65. The van der Waals surface area contributed by atoms with Gasteiger partial charge in [0, 0.05) is 10.2 Å². The third-order valence-corrected chi connectivity index (χ3v) is 6.19. The van der Waals surface area contributed by atoms with Crippen LogP contribution in [0.15, 0.2) is 76.1 Å². The molecule has 0 aromatic heterocycles. The largest absolute Gasteiger partial charge is 0.322 e. The van der Waals surface area contributed by atoms with E-state index in [0.717, 1.165) is 10.0 Å². The lowest BCUT2D eigenvalue weighted by molar-refractivity contribution is 0.102. The molecule has 7 heteroatoms. The number of sulfonamides is 1. The fraction of sp³-hybridized carbons (Fsp3) is 0.0952. The zero-order chi connectivity index (χ0) is 20.3. The highest BCUT2D eigenvalue weighted by Crippen LogP contribution is 2.24. The van der Waals surface area contributed by atoms with Crippen molar-refractivity contribution in [3.05, 3.63) is 87.9 Å². The highest BCUT2D eigenvalue weighted by molar-refractivity contribution is 9.10. The third-order valence-electron chi connectivity index (χ3n) is 4.15. The summed E-state index contributed by atoms with van der Waals surface area (Å²) in [5.41, 5.74) is 2.54. The maximum atomic E-state index is 12.9. The number of aryl methyl sites for hydroxylation is 2. The number of halogens is 1. The number of carbonyl (C=O) groups excluding carboxylic acids is 1. The van der Waals surface area contributed by atoms with Crippen molar-refractivity contribution >= 4 is 43.2 Å². The van der Waals surface area contributed by atoms with Crippen LogP contribution < -0.4 is 10.0 Å². The monoisotopic (exact) mass is 458 g/mol. The van der Waals surface area contributed by atoms with E-state index in [-0.39, 0.29) is 16.1 Å². The molecule has 0 saturated heterocycles. The summed E-state index contributed by atoms with van der Waals surface area (Å²) in [6, 6.07) is 18.9. The zero-order valence-corrected chi connectivity index (χ0v) is 17.8. The van der Waals surface area contributed by atoms with Gasteiger partial charge in [-0.2, -0.15) is 0 Å². The molecule has 0 fully saturated rings. The van der Waals surface area contributed by atoms with Crippen LogP contribution in [0.4, 0.5) is 11.4 Å². The number of carbonyl (C=O) groups is 1. The van der Waals surface area contributed by atoms with E-state index in [1.807, 2.05) is 25.1 Å². The SMILES string of the molecule is Cc1ccc(C)c(S(=O)(=O)Nc2ccccc2C(=O)Nc2ccc(Br)cc2)c1. The predicted octanol–water partition coefficient (Wildman–Crippen LogP) is 5.12. The molecule has 5 nitrogen and oxygen atoms in total. The Kier molecular flexibility index (Phi) is 5.86. The lowest BCUT2D eigenvalue weighted by atomic mass is 10.1. The van der Waals surface area contributed by atoms with Crippen LogP contribution in [0.1, 0.15) is 21.5 Å². The van der Waals surface area contributed by atoms with Gasteiger partial charge in [0.05, 0.1) is 16.1 Å². The number of amides is 1. The Labute approximate surface area is 173 Å². The van der Waals surface area contributed by atoms with Gasteiger partial charge in [0.25, 0.3) is 15.9 Å². The quantitative estimate of drug-likeness (QED) is 0.556. The number of rotatable bonds is 5. The Morgan fingerprint density at radius 2 is 1.61 bits per heavy atom. The van der Waals surface area contributed by atoms with Crippen LogP contribution in [-0.4, -0.2) is 14.3 Å². The van der Waals surface area contributed by atoms with Crippen molar-refractivity contribution in [2.24, 2.45) is 0 Å². The summed E-state index contributed by atoms with van der Waals surface area (Å²) in [7, 11) is -3.84. The summed E-state index contributed by atoms with van der Waals surface area (Å²) in [5.74, 6) is -0.401. The zero-order valence-electron chi connectivity index (χ0n) is 15.4. The summed E-state index contributed by atoms with van der Waals surface area (Å²) < 4.78 is 29.2. The first-order valence-electron chi connectivity index (χ1n) is 8.52. The number of benzene rings is 3. The Bertz CT molecular complexity index is 1130. The first-order chi connectivity index (χ1) is 13.3. The molecular weight excluding hydrogens is 440 g/mol. The van der Waals surface area contributed by atoms with Gasteiger partial charge in [-0.25, -0.2) is 8.42 Å². The molecule has 0 aliphatic rings. The minimum Gasteiger partial charge on any atom is -0.322 e. The Morgan fingerprint density at radius 3 is 2.32 bits per heavy atom. The molecule has 0 bridgehead atoms. The van der Waals surface area contributed by atoms with Gasteiger partial charge in [-0.05, 0) is 67.4 Å². The Hall–Kier alpha value is -2.64. The molecule has 3 aromatic carbocycles. The van der Waals surface area contributed by atoms with E-state index >= 15 is 0 Å². The highest BCUT2D eigenvalue weighted by Gasteiger charge is 2.20. The van der Waals surface area contributed by atoms with E-state index < -0.39 is 15.9 Å². The standard InChI is InChI=1S/C21H19BrN2O3S/c1-14-7-8-15(2)20(13-14)28(26,27)24-19-6-4-3-5-18(19)21(25)23-17-11-9-16(22)10-12-17/h3-13,24H,1-2H3,(H,23,25). The number of hydrogen-bond donors (Lipinski definition) is 2. The molecule has 0 atom stereocenters. The van der Waals surface area contributed by atoms with E-state index in [1.54, 1.807) is 55.5 Å². The van der Waals surface area contributed by atoms with Crippen molar-refractivity contribution in [3.8, 4) is 0 Å². The molecule has 0 heterocycles. The number of nitrogens with one attached hydrogen (secondary N) is 2. The molecule has 0 spiro atoms. The van der Waals surface area contributed by atoms with Crippen LogP contribution in [0.5, 0.6) is 0 Å². The van der Waals surface area contributed by atoms with Crippen molar-refractivity contribution in [2.45, 2.75) is 18.7 Å². The summed E-state index contributed by atoms with van der Waals surface area (Å²) in [6.07, 6.45) is 0. The van der Waals surface area contributed by atoms with Crippen LogP contribution in [0.25, 0.3) is 0 Å². The van der Waals surface area contributed by atoms with Gasteiger partial charge >= 0.3 is 0 Å². The molecule has 0 aliphatic carbocycles. The van der Waals surface area contributed by atoms with Gasteiger partial charge in [0.2, 0.25) is 0 Å². The lowest BCUT2D eigenvalue weighted by Crippen LogP contribution is -2.19. The molecule has 0 radical (unpaired) electrons. The van der Waals surface area contributed by atoms with Crippen molar-refractivity contribution in [3.63, 3.8) is 0 Å². The van der Waals surface area contributed by atoms with Crippen LogP contribution in [-0.2, 0) is 10.0 Å². The molecule has 2 N–H and O–H groups in total. The molecule has 3 rings (SSSR count). The molecular formula is C21H19BrN2O3S. The van der Waals surface area contributed by atoms with Crippen LogP contribution in [0.3, 0.4) is 0 Å². The van der Waals surface area contributed by atoms with Crippen molar-refractivity contribution in [2.75, 3.05) is 10.0 Å². The first-order valence-corrected chi connectivity index (χ1v) is 10.8. The van der Waals surface area contributed by atoms with Gasteiger partial charge in [-0.3, -0.25) is 9.52 Å². The molecule has 1 amide bonds. The van der Waals surface area contributed by atoms with E-state index in [0.29, 0.717) is 11.3 Å². The van der Waals surface area contributed by atoms with E-state index in [4.69, 9.17) is 0 Å². The Balaban J connectivity index is 1.90. The first kappa shape index (κ1) is 20.1. The van der Waals surface area contributed by atoms with Crippen molar-refractivity contribution in [1.29, 1.82) is 0 Å². The minimum atomic E-state index is -3.84. The van der Waals surface area contributed by atoms with E-state index in [9.17, 15) is 13.2 Å². The van der Waals surface area contributed by atoms with Crippen LogP contribution in [0.2, 0.25) is 0 Å². The molecule has 0 aliphatic heterocycles. The number of anilines is 2. The van der Waals surface area contributed by atoms with E-state index in [2.05, 4.69) is 26.0 Å². The van der Waals surface area contributed by atoms with Gasteiger partial charge in [-0.15, -0.1) is 0 Å². The molecule has 3 aromatic rings. The summed E-state index contributed by atoms with van der Waals surface area (Å²) in [6.45, 7) is 3.57. The maximum Gasteiger partial charge on any atom is 0.262 e. The predicted molar refractivity (Wildman–Crippen MR) is 115 cm³/mol. The van der Waals surface area contributed by atoms with Crippen LogP contribution in [0, 0.1) is 13.8 Å². The van der Waals surface area contributed by atoms with Gasteiger partial charge < -0.3 is 5.32 Å². The van der Waals surface area contributed by atoms with Crippen molar-refractivity contribution < 1.29 is 13.2 Å². The average molecular weight is 459 g/mol. The topological polar surface area (TPSA) is 75.3 Å². The van der Waals surface area contributed by atoms with E-state index in [1.165, 1.54) is 0 Å². The van der Waals surface area contributed by atoms with Gasteiger partial charge in [-0.1, -0.05) is 40.2 Å². The number of hydrogen-bond acceptors (Lipinski definition) is 3.